The van der Waals surface area contributed by atoms with Gasteiger partial charge in [-0.25, -0.2) is 0 Å². The highest BCUT2D eigenvalue weighted by atomic mass is 15.3. The largest absolute Gasteiger partial charge is 0.330 e. The summed E-state index contributed by atoms with van der Waals surface area (Å²) in [4.78, 5) is 5.23. The fraction of sp³-hybridized carbons (Fsp3) is 0.600. The van der Waals surface area contributed by atoms with Crippen molar-refractivity contribution in [2.24, 2.45) is 11.7 Å². The van der Waals surface area contributed by atoms with Crippen molar-refractivity contribution < 1.29 is 0 Å². The van der Waals surface area contributed by atoms with E-state index in [0.29, 0.717) is 12.0 Å². The van der Waals surface area contributed by atoms with Crippen LogP contribution in [0.1, 0.15) is 12.0 Å². The molecule has 2 heterocycles. The maximum atomic E-state index is 5.89. The molecular formula is C15H23N3. The highest BCUT2D eigenvalue weighted by molar-refractivity contribution is 5.14. The predicted octanol–water partition coefficient (Wildman–Crippen LogP) is 1.15. The van der Waals surface area contributed by atoms with Crippen LogP contribution >= 0.6 is 0 Å². The van der Waals surface area contributed by atoms with Crippen molar-refractivity contribution in [3.8, 4) is 0 Å². The van der Waals surface area contributed by atoms with Crippen molar-refractivity contribution in [3.05, 3.63) is 35.9 Å². The molecule has 2 atom stereocenters. The first-order chi connectivity index (χ1) is 8.86. The Kier molecular flexibility index (Phi) is 3.64. The quantitative estimate of drug-likeness (QED) is 0.867. The molecule has 98 valence electrons. The van der Waals surface area contributed by atoms with E-state index in [2.05, 4.69) is 40.1 Å². The molecule has 3 heteroatoms. The van der Waals surface area contributed by atoms with Crippen LogP contribution in [0.5, 0.6) is 0 Å². The molecule has 2 unspecified atom stereocenters. The van der Waals surface area contributed by atoms with E-state index in [0.717, 1.165) is 13.1 Å². The topological polar surface area (TPSA) is 32.5 Å². The van der Waals surface area contributed by atoms with Crippen LogP contribution in [0, 0.1) is 5.92 Å². The summed E-state index contributed by atoms with van der Waals surface area (Å²) >= 11 is 0. The van der Waals surface area contributed by atoms with Crippen molar-refractivity contribution in [2.75, 3.05) is 32.7 Å². The Morgan fingerprint density at radius 1 is 1.11 bits per heavy atom. The van der Waals surface area contributed by atoms with Gasteiger partial charge in [-0.2, -0.15) is 0 Å². The van der Waals surface area contributed by atoms with Gasteiger partial charge in [0.1, 0.15) is 0 Å². The first-order valence-electron chi connectivity index (χ1n) is 7.07. The summed E-state index contributed by atoms with van der Waals surface area (Å²) in [5, 5.41) is 0. The van der Waals surface area contributed by atoms with Crippen molar-refractivity contribution >= 4 is 0 Å². The van der Waals surface area contributed by atoms with Crippen molar-refractivity contribution in [1.29, 1.82) is 0 Å². The smallest absolute Gasteiger partial charge is 0.0264 e. The number of fused-ring (bicyclic) bond motifs is 1. The third-order valence-corrected chi connectivity index (χ3v) is 4.50. The third kappa shape index (κ3) is 2.44. The Bertz CT molecular complexity index is 373. The molecular weight excluding hydrogens is 222 g/mol. The summed E-state index contributed by atoms with van der Waals surface area (Å²) in [5.74, 6) is 0.712. The highest BCUT2D eigenvalue weighted by Crippen LogP contribution is 2.27. The van der Waals surface area contributed by atoms with Crippen LogP contribution in [0.25, 0.3) is 0 Å². The SMILES string of the molecule is NCC1CCN2CCN(Cc3ccccc3)CC12. The molecule has 0 radical (unpaired) electrons. The number of nitrogens with zero attached hydrogens (tertiary/aromatic N) is 2. The standard InChI is InChI=1S/C15H23N3/c16-10-14-6-7-18-9-8-17(12-15(14)18)11-13-4-2-1-3-5-13/h1-5,14-15H,6-12,16H2. The fourth-order valence-corrected chi connectivity index (χ4v) is 3.42. The lowest BCUT2D eigenvalue weighted by atomic mass is 9.98. The van der Waals surface area contributed by atoms with Crippen LogP contribution in [-0.4, -0.2) is 48.6 Å². The van der Waals surface area contributed by atoms with Gasteiger partial charge in [0.05, 0.1) is 0 Å². The minimum Gasteiger partial charge on any atom is -0.330 e. The number of benzene rings is 1. The second kappa shape index (κ2) is 5.39. The predicted molar refractivity (Wildman–Crippen MR) is 74.2 cm³/mol. The van der Waals surface area contributed by atoms with Gasteiger partial charge in [-0.05, 0) is 31.0 Å². The van der Waals surface area contributed by atoms with Gasteiger partial charge in [0.15, 0.2) is 0 Å². The van der Waals surface area contributed by atoms with E-state index >= 15 is 0 Å². The maximum Gasteiger partial charge on any atom is 0.0264 e. The Labute approximate surface area is 110 Å². The number of rotatable bonds is 3. The first-order valence-corrected chi connectivity index (χ1v) is 7.07. The van der Waals surface area contributed by atoms with Gasteiger partial charge in [0.2, 0.25) is 0 Å². The molecule has 0 aromatic heterocycles. The Hall–Kier alpha value is -0.900. The lowest BCUT2D eigenvalue weighted by molar-refractivity contribution is 0.0841. The molecule has 0 bridgehead atoms. The molecule has 2 aliphatic rings. The molecule has 2 saturated heterocycles. The van der Waals surface area contributed by atoms with E-state index in [1.54, 1.807) is 0 Å². The van der Waals surface area contributed by atoms with Gasteiger partial charge in [0, 0.05) is 32.2 Å². The van der Waals surface area contributed by atoms with Gasteiger partial charge in [-0.15, -0.1) is 0 Å². The normalized spacial score (nSPS) is 29.4. The lowest BCUT2D eigenvalue weighted by Crippen LogP contribution is -2.52. The molecule has 0 spiro atoms. The summed E-state index contributed by atoms with van der Waals surface area (Å²) in [6.45, 7) is 6.79. The van der Waals surface area contributed by atoms with Gasteiger partial charge in [-0.3, -0.25) is 9.80 Å². The third-order valence-electron chi connectivity index (χ3n) is 4.50. The van der Waals surface area contributed by atoms with E-state index in [1.807, 2.05) is 0 Å². The summed E-state index contributed by atoms with van der Waals surface area (Å²) < 4.78 is 0. The Morgan fingerprint density at radius 2 is 1.94 bits per heavy atom. The first kappa shape index (κ1) is 12.2. The molecule has 0 aliphatic carbocycles. The van der Waals surface area contributed by atoms with E-state index in [-0.39, 0.29) is 0 Å². The minimum atomic E-state index is 0.701. The van der Waals surface area contributed by atoms with Crippen molar-refractivity contribution in [1.82, 2.24) is 9.80 Å². The second-order valence-corrected chi connectivity index (χ2v) is 5.61. The molecule has 3 rings (SSSR count). The van der Waals surface area contributed by atoms with Crippen LogP contribution < -0.4 is 5.73 Å². The van der Waals surface area contributed by atoms with Gasteiger partial charge < -0.3 is 5.73 Å². The number of hydrogen-bond donors (Lipinski definition) is 1. The second-order valence-electron chi connectivity index (χ2n) is 5.61. The number of hydrogen-bond acceptors (Lipinski definition) is 3. The summed E-state index contributed by atoms with van der Waals surface area (Å²) in [5.41, 5.74) is 7.32. The monoisotopic (exact) mass is 245 g/mol. The van der Waals surface area contributed by atoms with Crippen LogP contribution in [0.2, 0.25) is 0 Å². The highest BCUT2D eigenvalue weighted by Gasteiger charge is 2.36. The van der Waals surface area contributed by atoms with E-state index in [9.17, 15) is 0 Å². The minimum absolute atomic E-state index is 0.701. The molecule has 0 saturated carbocycles. The molecule has 3 nitrogen and oxygen atoms in total. The van der Waals surface area contributed by atoms with Gasteiger partial charge >= 0.3 is 0 Å². The Balaban J connectivity index is 1.62. The van der Waals surface area contributed by atoms with Crippen molar-refractivity contribution in [3.63, 3.8) is 0 Å². The number of piperazine rings is 1. The van der Waals surface area contributed by atoms with Gasteiger partial charge in [0.25, 0.3) is 0 Å². The van der Waals surface area contributed by atoms with E-state index in [4.69, 9.17) is 5.73 Å². The zero-order valence-corrected chi connectivity index (χ0v) is 11.0. The molecule has 1 aromatic carbocycles. The van der Waals surface area contributed by atoms with Crippen molar-refractivity contribution in [2.45, 2.75) is 19.0 Å². The molecule has 0 amide bonds. The summed E-state index contributed by atoms with van der Waals surface area (Å²) in [6.07, 6.45) is 1.29. The summed E-state index contributed by atoms with van der Waals surface area (Å²) in [7, 11) is 0. The Morgan fingerprint density at radius 3 is 2.72 bits per heavy atom. The summed E-state index contributed by atoms with van der Waals surface area (Å²) in [6, 6.07) is 11.5. The van der Waals surface area contributed by atoms with Gasteiger partial charge in [-0.1, -0.05) is 30.3 Å². The van der Waals surface area contributed by atoms with Crippen LogP contribution in [-0.2, 0) is 6.54 Å². The lowest BCUT2D eigenvalue weighted by Gasteiger charge is -2.39. The molecule has 2 aliphatic heterocycles. The maximum absolute atomic E-state index is 5.89. The van der Waals surface area contributed by atoms with E-state index < -0.39 is 0 Å². The average Bonchev–Trinajstić information content (AvgIpc) is 2.82. The zero-order chi connectivity index (χ0) is 12.4. The molecule has 2 N–H and O–H groups in total. The van der Waals surface area contributed by atoms with Crippen LogP contribution in [0.4, 0.5) is 0 Å². The molecule has 2 fully saturated rings. The zero-order valence-electron chi connectivity index (χ0n) is 11.0. The molecule has 18 heavy (non-hydrogen) atoms. The van der Waals surface area contributed by atoms with E-state index in [1.165, 1.54) is 38.2 Å². The van der Waals surface area contributed by atoms with Crippen LogP contribution in [0.3, 0.4) is 0 Å². The average molecular weight is 245 g/mol. The molecule has 1 aromatic rings. The number of nitrogens with two attached hydrogens (primary N) is 1. The fourth-order valence-electron chi connectivity index (χ4n) is 3.42. The van der Waals surface area contributed by atoms with Crippen LogP contribution in [0.15, 0.2) is 30.3 Å².